The Balaban J connectivity index is 1.80. The fourth-order valence-electron chi connectivity index (χ4n) is 3.42. The van der Waals surface area contributed by atoms with E-state index in [2.05, 4.69) is 50.3 Å². The quantitative estimate of drug-likeness (QED) is 0.660. The van der Waals surface area contributed by atoms with Gasteiger partial charge in [0, 0.05) is 5.25 Å². The van der Waals surface area contributed by atoms with Gasteiger partial charge in [0.15, 0.2) is 0 Å². The third-order valence-electron chi connectivity index (χ3n) is 4.52. The van der Waals surface area contributed by atoms with E-state index in [0.29, 0.717) is 11.2 Å². The summed E-state index contributed by atoms with van der Waals surface area (Å²) in [5, 5.41) is 11.1. The van der Waals surface area contributed by atoms with Crippen LogP contribution in [0.15, 0.2) is 42.5 Å². The summed E-state index contributed by atoms with van der Waals surface area (Å²) in [6.07, 6.45) is 4.28. The summed E-state index contributed by atoms with van der Waals surface area (Å²) >= 11 is 3.76. The predicted octanol–water partition coefficient (Wildman–Crippen LogP) is 3.40. The highest BCUT2D eigenvalue weighted by molar-refractivity contribution is 8.14. The van der Waals surface area contributed by atoms with E-state index in [1.165, 1.54) is 5.56 Å². The lowest BCUT2D eigenvalue weighted by molar-refractivity contribution is 0.156. The Morgan fingerprint density at radius 2 is 1.89 bits per heavy atom. The molecule has 0 amide bonds. The van der Waals surface area contributed by atoms with Crippen molar-refractivity contribution >= 4 is 23.5 Å². The van der Waals surface area contributed by atoms with E-state index in [9.17, 15) is 5.11 Å². The zero-order valence-electron chi connectivity index (χ0n) is 10.5. The first-order valence-corrected chi connectivity index (χ1v) is 8.11. The van der Waals surface area contributed by atoms with Crippen LogP contribution in [0.5, 0.6) is 0 Å². The highest BCUT2D eigenvalue weighted by atomic mass is 32.2. The molecule has 4 rings (SSSR count). The Morgan fingerprint density at radius 3 is 2.56 bits per heavy atom. The number of benzene rings is 1. The molecule has 4 unspecified atom stereocenters. The van der Waals surface area contributed by atoms with E-state index in [1.807, 2.05) is 17.8 Å². The average Bonchev–Trinajstić information content (AvgIpc) is 3.21. The fourth-order valence-corrected chi connectivity index (χ4v) is 7.17. The smallest absolute Gasteiger partial charge is 0.146 e. The summed E-state index contributed by atoms with van der Waals surface area (Å²) in [4.78, 5) is -0.604. The van der Waals surface area contributed by atoms with Gasteiger partial charge in [0.1, 0.15) is 4.93 Å². The maximum Gasteiger partial charge on any atom is 0.146 e. The van der Waals surface area contributed by atoms with Crippen LogP contribution < -0.4 is 0 Å². The molecule has 0 bridgehead atoms. The van der Waals surface area contributed by atoms with E-state index in [1.54, 1.807) is 11.8 Å². The first-order valence-electron chi connectivity index (χ1n) is 6.41. The van der Waals surface area contributed by atoms with E-state index >= 15 is 0 Å². The molecule has 2 fully saturated rings. The number of hydrogen-bond acceptors (Lipinski definition) is 3. The molecule has 1 aromatic rings. The van der Waals surface area contributed by atoms with Crippen molar-refractivity contribution in [2.24, 2.45) is 5.92 Å². The molecule has 0 aromatic heterocycles. The molecular weight excluding hydrogens is 260 g/mol. The second kappa shape index (κ2) is 3.20. The van der Waals surface area contributed by atoms with Crippen molar-refractivity contribution < 1.29 is 5.11 Å². The average molecular weight is 276 g/mol. The van der Waals surface area contributed by atoms with Gasteiger partial charge in [-0.3, -0.25) is 0 Å². The molecule has 3 aliphatic rings. The molecule has 1 aromatic carbocycles. The van der Waals surface area contributed by atoms with Crippen LogP contribution in [0.25, 0.3) is 0 Å². The van der Waals surface area contributed by atoms with Crippen LogP contribution in [0.2, 0.25) is 0 Å². The summed E-state index contributed by atoms with van der Waals surface area (Å²) in [6, 6.07) is 10.7. The van der Waals surface area contributed by atoms with Gasteiger partial charge in [-0.25, -0.2) is 0 Å². The minimum atomic E-state index is -0.604. The zero-order valence-corrected chi connectivity index (χ0v) is 12.1. The van der Waals surface area contributed by atoms with Crippen LogP contribution in [-0.4, -0.2) is 20.0 Å². The van der Waals surface area contributed by atoms with Gasteiger partial charge in [-0.15, -0.1) is 23.5 Å². The molecule has 0 saturated carbocycles. The van der Waals surface area contributed by atoms with Gasteiger partial charge < -0.3 is 5.11 Å². The highest BCUT2D eigenvalue weighted by Crippen LogP contribution is 2.84. The molecule has 18 heavy (non-hydrogen) atoms. The predicted molar refractivity (Wildman–Crippen MR) is 78.7 cm³/mol. The largest absolute Gasteiger partial charge is 0.374 e. The molecule has 1 aliphatic carbocycles. The van der Waals surface area contributed by atoms with Crippen molar-refractivity contribution in [1.82, 2.24) is 0 Å². The molecular formula is C15H16OS2. The minimum absolute atomic E-state index is 0.0300. The Labute approximate surface area is 116 Å². The van der Waals surface area contributed by atoms with E-state index in [4.69, 9.17) is 0 Å². The van der Waals surface area contributed by atoms with Crippen LogP contribution in [0, 0.1) is 5.92 Å². The summed E-state index contributed by atoms with van der Waals surface area (Å²) in [7, 11) is 0. The third kappa shape index (κ3) is 1.12. The molecule has 0 radical (unpaired) electrons. The monoisotopic (exact) mass is 276 g/mol. The Hall–Kier alpha value is -0.380. The van der Waals surface area contributed by atoms with Crippen molar-refractivity contribution in [3.63, 3.8) is 0 Å². The van der Waals surface area contributed by atoms with Gasteiger partial charge in [0.2, 0.25) is 0 Å². The van der Waals surface area contributed by atoms with E-state index < -0.39 is 4.93 Å². The number of rotatable bonds is 2. The highest BCUT2D eigenvalue weighted by Gasteiger charge is 2.83. The van der Waals surface area contributed by atoms with Crippen molar-refractivity contribution in [1.29, 1.82) is 0 Å². The van der Waals surface area contributed by atoms with Gasteiger partial charge in [-0.2, -0.15) is 0 Å². The second-order valence-electron chi connectivity index (χ2n) is 5.74. The first kappa shape index (κ1) is 11.4. The van der Waals surface area contributed by atoms with Crippen LogP contribution in [0.4, 0.5) is 0 Å². The number of thioether (sulfide) groups is 2. The second-order valence-corrected chi connectivity index (χ2v) is 8.62. The van der Waals surface area contributed by atoms with Gasteiger partial charge in [-0.05, 0) is 17.6 Å². The minimum Gasteiger partial charge on any atom is -0.374 e. The van der Waals surface area contributed by atoms with Gasteiger partial charge in [0.25, 0.3) is 0 Å². The lowest BCUT2D eigenvalue weighted by Gasteiger charge is -2.27. The molecule has 4 atom stereocenters. The van der Waals surface area contributed by atoms with Crippen LogP contribution >= 0.6 is 23.5 Å². The number of hydrogen-bond donors (Lipinski definition) is 1. The maximum absolute atomic E-state index is 10.6. The van der Waals surface area contributed by atoms with Crippen molar-refractivity contribution in [2.45, 2.75) is 33.5 Å². The van der Waals surface area contributed by atoms with Crippen molar-refractivity contribution in [3.8, 4) is 0 Å². The topological polar surface area (TPSA) is 20.2 Å². The Morgan fingerprint density at radius 1 is 1.17 bits per heavy atom. The van der Waals surface area contributed by atoms with Crippen LogP contribution in [0.3, 0.4) is 0 Å². The molecule has 2 heterocycles. The normalized spacial score (nSPS) is 47.7. The molecule has 2 aliphatic heterocycles. The van der Waals surface area contributed by atoms with Gasteiger partial charge in [-0.1, -0.05) is 50.3 Å². The maximum atomic E-state index is 10.6. The van der Waals surface area contributed by atoms with Gasteiger partial charge in [0.05, 0.1) is 9.49 Å². The molecule has 0 spiro atoms. The van der Waals surface area contributed by atoms with Crippen molar-refractivity contribution in [3.05, 3.63) is 48.0 Å². The molecule has 3 heteroatoms. The Bertz CT molecular complexity index is 541. The summed E-state index contributed by atoms with van der Waals surface area (Å²) in [6.45, 7) is 4.47. The Kier molecular flexibility index (Phi) is 2.03. The van der Waals surface area contributed by atoms with Crippen LogP contribution in [0.1, 0.15) is 19.4 Å². The van der Waals surface area contributed by atoms with Crippen molar-refractivity contribution in [2.75, 3.05) is 0 Å². The first-order chi connectivity index (χ1) is 8.55. The molecule has 1 nitrogen and oxygen atoms in total. The third-order valence-corrected chi connectivity index (χ3v) is 8.33. The lowest BCUT2D eigenvalue weighted by atomic mass is 9.76. The SMILES string of the molecule is CC(C)C12SC1(O)C=CC1(c3ccccc3)SC12. The number of aliphatic hydroxyl groups is 1. The van der Waals surface area contributed by atoms with E-state index in [0.717, 1.165) is 0 Å². The fraction of sp³-hybridized carbons (Fsp3) is 0.467. The summed E-state index contributed by atoms with van der Waals surface area (Å²) in [5.41, 5.74) is 1.38. The summed E-state index contributed by atoms with van der Waals surface area (Å²) in [5.74, 6) is 0.500. The van der Waals surface area contributed by atoms with Crippen LogP contribution in [-0.2, 0) is 4.75 Å². The molecule has 94 valence electrons. The zero-order chi connectivity index (χ0) is 12.6. The summed E-state index contributed by atoms with van der Waals surface area (Å²) < 4.78 is 0.156. The number of fused-ring (bicyclic) bond motifs is 3. The standard InChI is InChI=1S/C15H16OS2/c1-10(2)15-12-13(17-12,8-9-14(15,16)18-15)11-6-4-3-5-7-11/h3-10,12,16H,1-2H3. The lowest BCUT2D eigenvalue weighted by Crippen LogP contribution is -2.40. The molecule has 2 saturated heterocycles. The van der Waals surface area contributed by atoms with Gasteiger partial charge >= 0.3 is 0 Å². The molecule has 1 N–H and O–H groups in total. The van der Waals surface area contributed by atoms with E-state index in [-0.39, 0.29) is 9.49 Å².